The summed E-state index contributed by atoms with van der Waals surface area (Å²) in [7, 11) is 0. The summed E-state index contributed by atoms with van der Waals surface area (Å²) in [5.74, 6) is 1.47. The molecule has 40 heavy (non-hydrogen) atoms. The molecule has 0 aliphatic carbocycles. The number of nitrogens with zero attached hydrogens (tertiary/aromatic N) is 4. The second kappa shape index (κ2) is 11.7. The van der Waals surface area contributed by atoms with Crippen molar-refractivity contribution in [3.05, 3.63) is 30.6 Å². The van der Waals surface area contributed by atoms with Crippen LogP contribution in [0.3, 0.4) is 0 Å². The van der Waals surface area contributed by atoms with Gasteiger partial charge in [0.2, 0.25) is 0 Å². The van der Waals surface area contributed by atoms with E-state index < -0.39 is 11.2 Å². The van der Waals surface area contributed by atoms with Gasteiger partial charge in [-0.15, -0.1) is 0 Å². The minimum absolute atomic E-state index is 0.00376. The number of carbonyl (C=O) groups excluding carboxylic acids is 2. The van der Waals surface area contributed by atoms with Crippen molar-refractivity contribution < 1.29 is 23.8 Å². The van der Waals surface area contributed by atoms with E-state index >= 15 is 0 Å². The van der Waals surface area contributed by atoms with Gasteiger partial charge in [-0.3, -0.25) is 4.90 Å². The van der Waals surface area contributed by atoms with Crippen LogP contribution in [0.15, 0.2) is 40.5 Å². The van der Waals surface area contributed by atoms with Gasteiger partial charge in [-0.2, -0.15) is 0 Å². The van der Waals surface area contributed by atoms with Gasteiger partial charge < -0.3 is 24.4 Å². The quantitative estimate of drug-likeness (QED) is 0.470. The number of carbonyl (C=O) groups is 2. The molecule has 2 aromatic rings. The molecule has 2 amide bonds. The van der Waals surface area contributed by atoms with Gasteiger partial charge in [0, 0.05) is 19.6 Å². The topological polar surface area (TPSA) is 106 Å². The van der Waals surface area contributed by atoms with Gasteiger partial charge in [-0.1, -0.05) is 24.8 Å². The predicted octanol–water partition coefficient (Wildman–Crippen LogP) is 5.89. The number of hydrogen-bond acceptors (Lipinski definition) is 9. The van der Waals surface area contributed by atoms with Crippen LogP contribution in [-0.4, -0.2) is 66.1 Å². The van der Waals surface area contributed by atoms with E-state index in [0.29, 0.717) is 31.1 Å². The zero-order valence-electron chi connectivity index (χ0n) is 24.6. The number of alkyl carbamates (subject to hydrolysis) is 1. The molecule has 10 nitrogen and oxygen atoms in total. The Bertz CT molecular complexity index is 1200. The fourth-order valence-electron chi connectivity index (χ4n) is 4.50. The van der Waals surface area contributed by atoms with E-state index in [9.17, 15) is 9.59 Å². The molecule has 0 saturated carbocycles. The number of fused-ring (bicyclic) bond motifs is 1. The average molecular weight is 572 g/mol. The molecule has 0 spiro atoms. The number of nitrogens with one attached hydrogen (secondary N) is 1. The van der Waals surface area contributed by atoms with Crippen molar-refractivity contribution in [3.63, 3.8) is 0 Å². The maximum atomic E-state index is 12.8. The van der Waals surface area contributed by atoms with Crippen LogP contribution in [0.1, 0.15) is 61.3 Å². The molecule has 2 aliphatic rings. The number of benzene rings is 1. The zero-order chi connectivity index (χ0) is 29.1. The highest BCUT2D eigenvalue weighted by Gasteiger charge is 2.32. The summed E-state index contributed by atoms with van der Waals surface area (Å²) in [6.45, 7) is 16.4. The van der Waals surface area contributed by atoms with Gasteiger partial charge >= 0.3 is 12.2 Å². The number of aromatic nitrogens is 2. The van der Waals surface area contributed by atoms with Crippen LogP contribution in [-0.2, 0) is 9.47 Å². The Labute approximate surface area is 241 Å². The Hall–Kier alpha value is -3.21. The average Bonchev–Trinajstić information content (AvgIpc) is 2.86. The molecule has 1 saturated heterocycles. The third kappa shape index (κ3) is 7.93. The Kier molecular flexibility index (Phi) is 8.72. The molecule has 4 rings (SSSR count). The lowest BCUT2D eigenvalue weighted by Crippen LogP contribution is -2.45. The summed E-state index contributed by atoms with van der Waals surface area (Å²) in [6.07, 6.45) is 4.64. The van der Waals surface area contributed by atoms with E-state index in [2.05, 4.69) is 27.1 Å². The smallest absolute Gasteiger partial charge is 0.415 e. The Morgan fingerprint density at radius 2 is 1.73 bits per heavy atom. The molecule has 1 N–H and O–H groups in total. The van der Waals surface area contributed by atoms with Crippen LogP contribution in [0, 0.1) is 5.41 Å². The highest BCUT2D eigenvalue weighted by atomic mass is 32.2. The second-order valence-corrected chi connectivity index (χ2v) is 13.6. The number of para-hydroxylation sites is 1. The number of anilines is 2. The van der Waals surface area contributed by atoms with Gasteiger partial charge in [-0.25, -0.2) is 19.6 Å². The van der Waals surface area contributed by atoms with Crippen LogP contribution in [0.4, 0.5) is 21.1 Å². The van der Waals surface area contributed by atoms with Crippen LogP contribution in [0.2, 0.25) is 0 Å². The minimum Gasteiger partial charge on any atom is -0.488 e. The molecule has 1 fully saturated rings. The summed E-state index contributed by atoms with van der Waals surface area (Å²) < 4.78 is 16.9. The van der Waals surface area contributed by atoms with Crippen molar-refractivity contribution in [1.29, 1.82) is 0 Å². The van der Waals surface area contributed by atoms with Crippen LogP contribution in [0.5, 0.6) is 5.75 Å². The summed E-state index contributed by atoms with van der Waals surface area (Å²) in [6, 6.07) is 5.72. The number of rotatable bonds is 5. The predicted molar refractivity (Wildman–Crippen MR) is 155 cm³/mol. The van der Waals surface area contributed by atoms with E-state index in [1.165, 1.54) is 11.8 Å². The highest BCUT2D eigenvalue weighted by molar-refractivity contribution is 7.99. The molecule has 218 valence electrons. The molecule has 2 aliphatic heterocycles. The number of hydrogen-bond donors (Lipinski definition) is 1. The summed E-state index contributed by atoms with van der Waals surface area (Å²) in [5.41, 5.74) is -0.405. The third-order valence-corrected chi connectivity index (χ3v) is 7.57. The third-order valence-electron chi connectivity index (χ3n) is 6.61. The molecule has 11 heteroatoms. The first-order chi connectivity index (χ1) is 18.7. The molecule has 0 radical (unpaired) electrons. The van der Waals surface area contributed by atoms with Crippen molar-refractivity contribution in [3.8, 4) is 5.75 Å². The van der Waals surface area contributed by atoms with Crippen LogP contribution >= 0.6 is 11.8 Å². The number of ether oxygens (including phenoxy) is 3. The highest BCUT2D eigenvalue weighted by Crippen LogP contribution is 2.43. The van der Waals surface area contributed by atoms with Gasteiger partial charge in [-0.05, 0) is 71.9 Å². The minimum atomic E-state index is -0.580. The SMILES string of the molecule is CC1(CNC(=O)OC(C)(C)C)CCN(c2cnc(Sc3cccc4c3OCCN4C(=O)OC(C)(C)C)cn2)CC1. The Morgan fingerprint density at radius 3 is 2.35 bits per heavy atom. The molecule has 3 heterocycles. The summed E-state index contributed by atoms with van der Waals surface area (Å²) in [5, 5.41) is 3.66. The van der Waals surface area contributed by atoms with Gasteiger partial charge in [0.25, 0.3) is 0 Å². The van der Waals surface area contributed by atoms with Gasteiger partial charge in [0.1, 0.15) is 28.7 Å². The first-order valence-electron chi connectivity index (χ1n) is 13.7. The van der Waals surface area contributed by atoms with Gasteiger partial charge in [0.15, 0.2) is 5.75 Å². The van der Waals surface area contributed by atoms with E-state index in [1.54, 1.807) is 17.3 Å². The molecular formula is C29H41N5O5S. The molecule has 0 atom stereocenters. The first kappa shape index (κ1) is 29.8. The van der Waals surface area contributed by atoms with E-state index in [4.69, 9.17) is 14.2 Å². The largest absolute Gasteiger partial charge is 0.488 e. The normalized spacial score (nSPS) is 17.0. The van der Waals surface area contributed by atoms with Crippen molar-refractivity contribution in [2.75, 3.05) is 42.6 Å². The lowest BCUT2D eigenvalue weighted by molar-refractivity contribution is 0.0494. The maximum absolute atomic E-state index is 12.8. The van der Waals surface area contributed by atoms with Crippen molar-refractivity contribution in [2.24, 2.45) is 5.41 Å². The van der Waals surface area contributed by atoms with Crippen molar-refractivity contribution in [2.45, 2.75) is 82.4 Å². The lowest BCUT2D eigenvalue weighted by Gasteiger charge is -2.40. The van der Waals surface area contributed by atoms with Crippen LogP contribution in [0.25, 0.3) is 0 Å². The van der Waals surface area contributed by atoms with Crippen molar-refractivity contribution >= 4 is 35.5 Å². The molecule has 0 unspecified atom stereocenters. The van der Waals surface area contributed by atoms with E-state index in [1.807, 2.05) is 59.7 Å². The van der Waals surface area contributed by atoms with Gasteiger partial charge in [0.05, 0.1) is 29.5 Å². The summed E-state index contributed by atoms with van der Waals surface area (Å²) in [4.78, 5) is 38.9. The monoisotopic (exact) mass is 571 g/mol. The standard InChI is InChI=1S/C29H41N5O5S/c1-27(2,3)38-25(35)32-19-29(7)11-13-33(14-12-29)22-17-31-23(18-30-22)40-21-10-8-9-20-24(21)37-16-15-34(20)26(36)39-28(4,5)6/h8-10,17-18H,11-16,19H2,1-7H3,(H,32,35). The lowest BCUT2D eigenvalue weighted by atomic mass is 9.80. The fourth-order valence-corrected chi connectivity index (χ4v) is 5.34. The van der Waals surface area contributed by atoms with Crippen LogP contribution < -0.4 is 19.9 Å². The number of piperidine rings is 1. The fraction of sp³-hybridized carbons (Fsp3) is 0.586. The molecular weight excluding hydrogens is 530 g/mol. The Morgan fingerprint density at radius 1 is 1.02 bits per heavy atom. The molecule has 1 aromatic carbocycles. The first-order valence-corrected chi connectivity index (χ1v) is 14.5. The maximum Gasteiger partial charge on any atom is 0.415 e. The van der Waals surface area contributed by atoms with E-state index in [0.717, 1.165) is 41.7 Å². The molecule has 1 aromatic heterocycles. The zero-order valence-corrected chi connectivity index (χ0v) is 25.4. The molecule has 0 bridgehead atoms. The van der Waals surface area contributed by atoms with Crippen molar-refractivity contribution in [1.82, 2.24) is 15.3 Å². The number of amides is 2. The second-order valence-electron chi connectivity index (χ2n) is 12.6. The van der Waals surface area contributed by atoms with E-state index in [-0.39, 0.29) is 17.6 Å². The Balaban J connectivity index is 1.35. The summed E-state index contributed by atoms with van der Waals surface area (Å²) >= 11 is 1.45.